The SMILES string of the molecule is CO[C@H](C)c1nc2cc(Br)ccc2n1COCC[Si](C)(C)C. The molecule has 0 bridgehead atoms. The summed E-state index contributed by atoms with van der Waals surface area (Å²) in [5, 5.41) is 0. The molecule has 1 aromatic carbocycles. The van der Waals surface area contributed by atoms with Gasteiger partial charge in [-0.2, -0.15) is 0 Å². The summed E-state index contributed by atoms with van der Waals surface area (Å²) in [7, 11) is 0.641. The maximum absolute atomic E-state index is 5.92. The minimum Gasteiger partial charge on any atom is -0.374 e. The molecule has 122 valence electrons. The van der Waals surface area contributed by atoms with Gasteiger partial charge in [-0.05, 0) is 31.2 Å². The third-order valence-electron chi connectivity index (χ3n) is 3.67. The molecule has 0 amide bonds. The number of ether oxygens (including phenoxy) is 2. The zero-order chi connectivity index (χ0) is 16.3. The topological polar surface area (TPSA) is 36.3 Å². The second-order valence-electron chi connectivity index (χ2n) is 6.76. The molecule has 4 nitrogen and oxygen atoms in total. The first-order valence-corrected chi connectivity index (χ1v) is 12.1. The van der Waals surface area contributed by atoms with Crippen molar-refractivity contribution in [3.8, 4) is 0 Å². The molecule has 0 aliphatic heterocycles. The van der Waals surface area contributed by atoms with Crippen LogP contribution in [-0.4, -0.2) is 31.3 Å². The second kappa shape index (κ2) is 7.25. The van der Waals surface area contributed by atoms with Crippen LogP contribution in [0.4, 0.5) is 0 Å². The summed E-state index contributed by atoms with van der Waals surface area (Å²) in [6.45, 7) is 10.4. The Morgan fingerprint density at radius 2 is 2.05 bits per heavy atom. The smallest absolute Gasteiger partial charge is 0.140 e. The third kappa shape index (κ3) is 4.41. The predicted molar refractivity (Wildman–Crippen MR) is 97.0 cm³/mol. The van der Waals surface area contributed by atoms with Gasteiger partial charge in [-0.1, -0.05) is 35.6 Å². The molecule has 0 N–H and O–H groups in total. The minimum atomic E-state index is -1.06. The van der Waals surface area contributed by atoms with E-state index in [4.69, 9.17) is 14.5 Å². The van der Waals surface area contributed by atoms with E-state index in [1.54, 1.807) is 7.11 Å². The molecule has 0 unspecified atom stereocenters. The summed E-state index contributed by atoms with van der Waals surface area (Å²) in [6.07, 6.45) is -0.0632. The summed E-state index contributed by atoms with van der Waals surface area (Å²) in [6, 6.07) is 7.30. The van der Waals surface area contributed by atoms with E-state index >= 15 is 0 Å². The van der Waals surface area contributed by atoms with Gasteiger partial charge in [0.05, 0.1) is 11.0 Å². The highest BCUT2D eigenvalue weighted by Crippen LogP contribution is 2.25. The van der Waals surface area contributed by atoms with Crippen LogP contribution in [0.3, 0.4) is 0 Å². The van der Waals surface area contributed by atoms with E-state index in [0.29, 0.717) is 6.73 Å². The first-order chi connectivity index (χ1) is 10.3. The average Bonchev–Trinajstić information content (AvgIpc) is 2.79. The van der Waals surface area contributed by atoms with Crippen molar-refractivity contribution in [2.75, 3.05) is 13.7 Å². The quantitative estimate of drug-likeness (QED) is 0.507. The zero-order valence-corrected chi connectivity index (χ0v) is 16.6. The van der Waals surface area contributed by atoms with Crippen molar-refractivity contribution in [3.63, 3.8) is 0 Å². The van der Waals surface area contributed by atoms with Gasteiger partial charge in [0.15, 0.2) is 0 Å². The molecule has 22 heavy (non-hydrogen) atoms. The Labute approximate surface area is 142 Å². The van der Waals surface area contributed by atoms with E-state index < -0.39 is 8.07 Å². The molecule has 0 saturated carbocycles. The summed E-state index contributed by atoms with van der Waals surface area (Å²) >= 11 is 3.50. The van der Waals surface area contributed by atoms with Gasteiger partial charge < -0.3 is 14.0 Å². The van der Waals surface area contributed by atoms with Crippen LogP contribution in [0.2, 0.25) is 25.7 Å². The molecule has 1 aromatic heterocycles. The first kappa shape index (κ1) is 17.7. The normalized spacial score (nSPS) is 13.7. The van der Waals surface area contributed by atoms with E-state index in [1.165, 1.54) is 6.04 Å². The molecule has 6 heteroatoms. The summed E-state index contributed by atoms with van der Waals surface area (Å²) in [4.78, 5) is 4.71. The number of benzene rings is 1. The number of methoxy groups -OCH3 is 1. The molecular formula is C16H25BrN2O2Si. The molecular weight excluding hydrogens is 360 g/mol. The van der Waals surface area contributed by atoms with Gasteiger partial charge in [-0.15, -0.1) is 0 Å². The van der Waals surface area contributed by atoms with Gasteiger partial charge in [-0.3, -0.25) is 0 Å². The van der Waals surface area contributed by atoms with Gasteiger partial charge in [0, 0.05) is 26.3 Å². The number of hydrogen-bond donors (Lipinski definition) is 0. The summed E-state index contributed by atoms with van der Waals surface area (Å²) in [5.41, 5.74) is 2.04. The van der Waals surface area contributed by atoms with Crippen LogP contribution in [0.15, 0.2) is 22.7 Å². The van der Waals surface area contributed by atoms with Crippen LogP contribution in [0.1, 0.15) is 18.9 Å². The first-order valence-electron chi connectivity index (χ1n) is 7.58. The van der Waals surface area contributed by atoms with Gasteiger partial charge in [0.2, 0.25) is 0 Å². The van der Waals surface area contributed by atoms with Crippen LogP contribution in [0, 0.1) is 0 Å². The highest BCUT2D eigenvalue weighted by molar-refractivity contribution is 9.10. The van der Waals surface area contributed by atoms with Crippen LogP contribution < -0.4 is 0 Å². The standard InChI is InChI=1S/C16H25BrN2O2Si/c1-12(20-2)16-18-14-10-13(17)6-7-15(14)19(16)11-21-8-9-22(3,4)5/h6-7,10,12H,8-9,11H2,1-5H3/t12-/m1/s1. The van der Waals surface area contributed by atoms with Crippen molar-refractivity contribution in [2.45, 2.75) is 45.4 Å². The van der Waals surface area contributed by atoms with Crippen molar-refractivity contribution in [1.29, 1.82) is 0 Å². The number of halogens is 1. The minimum absolute atomic E-state index is 0.0632. The largest absolute Gasteiger partial charge is 0.374 e. The molecule has 0 spiro atoms. The molecule has 0 radical (unpaired) electrons. The molecule has 1 heterocycles. The van der Waals surface area contributed by atoms with E-state index in [9.17, 15) is 0 Å². The van der Waals surface area contributed by atoms with Gasteiger partial charge in [0.1, 0.15) is 18.7 Å². The molecule has 2 aromatic rings. The molecule has 0 aliphatic carbocycles. The van der Waals surface area contributed by atoms with E-state index in [1.807, 2.05) is 19.1 Å². The third-order valence-corrected chi connectivity index (χ3v) is 5.87. The van der Waals surface area contributed by atoms with Crippen LogP contribution in [0.5, 0.6) is 0 Å². The fourth-order valence-electron chi connectivity index (χ4n) is 2.21. The number of hydrogen-bond acceptors (Lipinski definition) is 3. The number of rotatable bonds is 7. The fourth-order valence-corrected chi connectivity index (χ4v) is 3.31. The fraction of sp³-hybridized carbons (Fsp3) is 0.562. The lowest BCUT2D eigenvalue weighted by Crippen LogP contribution is -2.22. The lowest BCUT2D eigenvalue weighted by molar-refractivity contribution is 0.0689. The maximum atomic E-state index is 5.92. The van der Waals surface area contributed by atoms with E-state index in [0.717, 1.165) is 27.9 Å². The Kier molecular flexibility index (Phi) is 5.82. The number of aromatic nitrogens is 2. The maximum Gasteiger partial charge on any atom is 0.140 e. The van der Waals surface area contributed by atoms with Crippen molar-refractivity contribution in [3.05, 3.63) is 28.5 Å². The van der Waals surface area contributed by atoms with E-state index in [-0.39, 0.29) is 6.10 Å². The van der Waals surface area contributed by atoms with Crippen molar-refractivity contribution in [1.82, 2.24) is 9.55 Å². The summed E-state index contributed by atoms with van der Waals surface area (Å²) in [5.74, 6) is 0.906. The van der Waals surface area contributed by atoms with Gasteiger partial charge in [0.25, 0.3) is 0 Å². The van der Waals surface area contributed by atoms with Crippen LogP contribution in [-0.2, 0) is 16.2 Å². The van der Waals surface area contributed by atoms with Crippen molar-refractivity contribution >= 4 is 35.0 Å². The monoisotopic (exact) mass is 384 g/mol. The molecule has 0 saturated heterocycles. The lowest BCUT2D eigenvalue weighted by Gasteiger charge is -2.17. The lowest BCUT2D eigenvalue weighted by atomic mass is 10.3. The molecule has 2 rings (SSSR count). The zero-order valence-electron chi connectivity index (χ0n) is 14.0. The molecule has 0 fully saturated rings. The number of fused-ring (bicyclic) bond motifs is 1. The van der Waals surface area contributed by atoms with Crippen LogP contribution in [0.25, 0.3) is 11.0 Å². The highest BCUT2D eigenvalue weighted by Gasteiger charge is 2.17. The number of imidazole rings is 1. The Balaban J connectivity index is 2.22. The Morgan fingerprint density at radius 1 is 1.32 bits per heavy atom. The Hall–Kier alpha value is -0.693. The van der Waals surface area contributed by atoms with Gasteiger partial charge in [-0.25, -0.2) is 4.98 Å². The number of nitrogens with zero attached hydrogens (tertiary/aromatic N) is 2. The summed E-state index contributed by atoms with van der Waals surface area (Å²) < 4.78 is 14.5. The van der Waals surface area contributed by atoms with Gasteiger partial charge >= 0.3 is 0 Å². The van der Waals surface area contributed by atoms with Crippen molar-refractivity contribution in [2.24, 2.45) is 0 Å². The molecule has 1 atom stereocenters. The second-order valence-corrected chi connectivity index (χ2v) is 13.3. The van der Waals surface area contributed by atoms with Crippen LogP contribution >= 0.6 is 15.9 Å². The Morgan fingerprint density at radius 3 is 2.68 bits per heavy atom. The highest BCUT2D eigenvalue weighted by atomic mass is 79.9. The molecule has 0 aliphatic rings. The van der Waals surface area contributed by atoms with Crippen molar-refractivity contribution < 1.29 is 9.47 Å². The average molecular weight is 385 g/mol. The Bertz CT molecular complexity index is 637. The van der Waals surface area contributed by atoms with E-state index in [2.05, 4.69) is 46.2 Å². The predicted octanol–water partition coefficient (Wildman–Crippen LogP) is 4.82.